The highest BCUT2D eigenvalue weighted by molar-refractivity contribution is 5.88. The topological polar surface area (TPSA) is 107 Å². The van der Waals surface area contributed by atoms with Gasteiger partial charge in [0.25, 0.3) is 0 Å². The Hall–Kier alpha value is -2.90. The first-order chi connectivity index (χ1) is 14.0. The number of carbonyl (C=O) groups is 1. The lowest BCUT2D eigenvalue weighted by Crippen LogP contribution is -2.32. The number of carboxylic acids is 1. The number of hydrogen-bond donors (Lipinski definition) is 4. The summed E-state index contributed by atoms with van der Waals surface area (Å²) in [7, 11) is 0. The fourth-order valence-electron chi connectivity index (χ4n) is 3.25. The van der Waals surface area contributed by atoms with E-state index in [1.165, 1.54) is 0 Å². The molecular formula is C22H27N3O4. The van der Waals surface area contributed by atoms with Gasteiger partial charge in [-0.2, -0.15) is 0 Å². The molecule has 0 aliphatic rings. The van der Waals surface area contributed by atoms with Gasteiger partial charge in [-0.3, -0.25) is 4.98 Å². The normalized spacial score (nSPS) is 13.5. The number of nitrogens with one attached hydrogen (secondary N) is 2. The monoisotopic (exact) mass is 397 g/mol. The Bertz CT molecular complexity index is 940. The van der Waals surface area contributed by atoms with Crippen LogP contribution in [0.4, 0.5) is 0 Å². The molecule has 7 heteroatoms. The highest BCUT2D eigenvalue weighted by Crippen LogP contribution is 2.29. The fourth-order valence-corrected chi connectivity index (χ4v) is 3.25. The van der Waals surface area contributed by atoms with Gasteiger partial charge in [0.15, 0.2) is 6.10 Å². The second-order valence-electron chi connectivity index (χ2n) is 7.37. The molecule has 29 heavy (non-hydrogen) atoms. The van der Waals surface area contributed by atoms with Crippen LogP contribution >= 0.6 is 0 Å². The Balaban J connectivity index is 1.62. The molecule has 0 aliphatic heterocycles. The van der Waals surface area contributed by atoms with Crippen molar-refractivity contribution in [2.45, 2.75) is 32.5 Å². The molecule has 0 saturated heterocycles. The number of aliphatic hydroxyl groups is 1. The molecule has 2 heterocycles. The molecule has 0 bridgehead atoms. The van der Waals surface area contributed by atoms with E-state index < -0.39 is 18.2 Å². The summed E-state index contributed by atoms with van der Waals surface area (Å²) in [4.78, 5) is 18.7. The summed E-state index contributed by atoms with van der Waals surface area (Å²) in [6.07, 6.45) is 4.52. The number of nitrogens with zero attached hydrogens (tertiary/aromatic N) is 1. The number of aliphatic carboxylic acids is 1. The molecule has 1 aromatic carbocycles. The molecule has 0 aliphatic carbocycles. The van der Waals surface area contributed by atoms with Gasteiger partial charge in [0, 0.05) is 42.0 Å². The van der Waals surface area contributed by atoms with Crippen molar-refractivity contribution in [1.82, 2.24) is 15.3 Å². The van der Waals surface area contributed by atoms with Crippen LogP contribution in [0.25, 0.3) is 10.9 Å². The minimum atomic E-state index is -0.972. The highest BCUT2D eigenvalue weighted by Gasteiger charge is 2.24. The van der Waals surface area contributed by atoms with Gasteiger partial charge in [-0.1, -0.05) is 32.0 Å². The standard InChI is InChI=1S/C22H27N3O4/c1-14(2)21(22(27)28)29-19-7-3-6-17-15(12-25-20(17)19)8-10-24-13-18(26)16-5-4-9-23-11-16/h3-7,9,11-12,14,18,21,24-26H,8,10,13H2,1-2H3,(H,27,28)/t18-,21-/m1/s1. The largest absolute Gasteiger partial charge is 0.478 e. The fraction of sp³-hybridized carbons (Fsp3) is 0.364. The Kier molecular flexibility index (Phi) is 6.85. The molecule has 3 rings (SSSR count). The van der Waals surface area contributed by atoms with Crippen LogP contribution in [0.3, 0.4) is 0 Å². The number of rotatable bonds is 10. The van der Waals surface area contributed by atoms with Crippen molar-refractivity contribution in [3.05, 3.63) is 60.0 Å². The van der Waals surface area contributed by atoms with Gasteiger partial charge in [-0.25, -0.2) is 4.79 Å². The van der Waals surface area contributed by atoms with Gasteiger partial charge in [0.05, 0.1) is 11.6 Å². The van der Waals surface area contributed by atoms with Crippen molar-refractivity contribution in [2.75, 3.05) is 13.1 Å². The van der Waals surface area contributed by atoms with Crippen LogP contribution in [0, 0.1) is 5.92 Å². The molecule has 0 unspecified atom stereocenters. The highest BCUT2D eigenvalue weighted by atomic mass is 16.5. The second-order valence-corrected chi connectivity index (χ2v) is 7.37. The number of aromatic nitrogens is 2. The summed E-state index contributed by atoms with van der Waals surface area (Å²) in [5.74, 6) is -0.581. The number of hydrogen-bond acceptors (Lipinski definition) is 5. The third-order valence-corrected chi connectivity index (χ3v) is 4.84. The summed E-state index contributed by atoms with van der Waals surface area (Å²) in [6.45, 7) is 4.78. The molecule has 3 aromatic rings. The SMILES string of the molecule is CC(C)[C@@H](Oc1cccc2c(CCNC[C@@H](O)c3cccnc3)c[nH]c12)C(=O)O. The number of aromatic amines is 1. The zero-order chi connectivity index (χ0) is 20.8. The van der Waals surface area contributed by atoms with Crippen LogP contribution in [-0.4, -0.2) is 45.3 Å². The zero-order valence-electron chi connectivity index (χ0n) is 16.6. The van der Waals surface area contributed by atoms with E-state index in [-0.39, 0.29) is 5.92 Å². The van der Waals surface area contributed by atoms with E-state index in [1.54, 1.807) is 24.5 Å². The van der Waals surface area contributed by atoms with Gasteiger partial charge in [-0.15, -0.1) is 0 Å². The number of benzene rings is 1. The third-order valence-electron chi connectivity index (χ3n) is 4.84. The number of fused-ring (bicyclic) bond motifs is 1. The molecule has 0 spiro atoms. The molecule has 7 nitrogen and oxygen atoms in total. The van der Waals surface area contributed by atoms with E-state index in [1.807, 2.05) is 38.2 Å². The number of para-hydroxylation sites is 1. The Morgan fingerprint density at radius 2 is 2.10 bits per heavy atom. The van der Waals surface area contributed by atoms with Crippen molar-refractivity contribution in [2.24, 2.45) is 5.92 Å². The number of H-pyrrole nitrogens is 1. The van der Waals surface area contributed by atoms with Gasteiger partial charge in [-0.05, 0) is 30.7 Å². The smallest absolute Gasteiger partial charge is 0.345 e. The maximum atomic E-state index is 11.5. The lowest BCUT2D eigenvalue weighted by Gasteiger charge is -2.18. The summed E-state index contributed by atoms with van der Waals surface area (Å²) >= 11 is 0. The molecular weight excluding hydrogens is 370 g/mol. The Labute approximate surface area is 169 Å². The summed E-state index contributed by atoms with van der Waals surface area (Å²) in [6, 6.07) is 9.29. The first-order valence-electron chi connectivity index (χ1n) is 9.74. The number of ether oxygens (including phenoxy) is 1. The molecule has 0 amide bonds. The number of carboxylic acid groups (broad SMARTS) is 1. The average molecular weight is 397 g/mol. The van der Waals surface area contributed by atoms with Gasteiger partial charge in [0.2, 0.25) is 0 Å². The molecule has 2 atom stereocenters. The molecule has 4 N–H and O–H groups in total. The summed E-state index contributed by atoms with van der Waals surface area (Å²) < 4.78 is 5.78. The van der Waals surface area contributed by atoms with Gasteiger partial charge in [0.1, 0.15) is 5.75 Å². The molecule has 2 aromatic heterocycles. The van der Waals surface area contributed by atoms with Gasteiger partial charge >= 0.3 is 5.97 Å². The van der Waals surface area contributed by atoms with Crippen LogP contribution in [0.2, 0.25) is 0 Å². The number of pyridine rings is 1. The first-order valence-corrected chi connectivity index (χ1v) is 9.74. The lowest BCUT2D eigenvalue weighted by atomic mass is 10.1. The Morgan fingerprint density at radius 3 is 2.79 bits per heavy atom. The number of aliphatic hydroxyl groups excluding tert-OH is 1. The van der Waals surface area contributed by atoms with Gasteiger partial charge < -0.3 is 25.3 Å². The second kappa shape index (κ2) is 9.54. The van der Waals surface area contributed by atoms with E-state index in [9.17, 15) is 15.0 Å². The Morgan fingerprint density at radius 1 is 1.28 bits per heavy atom. The van der Waals surface area contributed by atoms with Crippen LogP contribution in [-0.2, 0) is 11.2 Å². The maximum absolute atomic E-state index is 11.5. The van der Waals surface area contributed by atoms with E-state index in [0.717, 1.165) is 28.5 Å². The average Bonchev–Trinajstić information content (AvgIpc) is 3.13. The van der Waals surface area contributed by atoms with Crippen molar-refractivity contribution in [1.29, 1.82) is 0 Å². The summed E-state index contributed by atoms with van der Waals surface area (Å²) in [5, 5.41) is 23.8. The predicted octanol–water partition coefficient (Wildman–Crippen LogP) is 2.92. The van der Waals surface area contributed by atoms with Crippen LogP contribution in [0.5, 0.6) is 5.75 Å². The van der Waals surface area contributed by atoms with Crippen LogP contribution in [0.15, 0.2) is 48.9 Å². The minimum absolute atomic E-state index is 0.146. The van der Waals surface area contributed by atoms with E-state index in [2.05, 4.69) is 15.3 Å². The third kappa shape index (κ3) is 5.13. The molecule has 0 radical (unpaired) electrons. The summed E-state index contributed by atoms with van der Waals surface area (Å²) in [5.41, 5.74) is 2.68. The lowest BCUT2D eigenvalue weighted by molar-refractivity contribution is -0.147. The first kappa shape index (κ1) is 20.8. The van der Waals surface area contributed by atoms with Crippen LogP contribution < -0.4 is 10.1 Å². The van der Waals surface area contributed by atoms with Crippen molar-refractivity contribution in [3.63, 3.8) is 0 Å². The van der Waals surface area contributed by atoms with E-state index in [4.69, 9.17) is 4.74 Å². The molecule has 0 fully saturated rings. The van der Waals surface area contributed by atoms with Crippen LogP contribution in [0.1, 0.15) is 31.1 Å². The quantitative estimate of drug-likeness (QED) is 0.392. The zero-order valence-corrected chi connectivity index (χ0v) is 16.6. The molecule has 0 saturated carbocycles. The van der Waals surface area contributed by atoms with Crippen molar-refractivity contribution < 1.29 is 19.7 Å². The van der Waals surface area contributed by atoms with Crippen molar-refractivity contribution in [3.8, 4) is 5.75 Å². The minimum Gasteiger partial charge on any atom is -0.478 e. The van der Waals surface area contributed by atoms with E-state index in [0.29, 0.717) is 18.8 Å². The molecule has 154 valence electrons. The van der Waals surface area contributed by atoms with E-state index >= 15 is 0 Å². The maximum Gasteiger partial charge on any atom is 0.345 e. The predicted molar refractivity (Wildman–Crippen MR) is 111 cm³/mol. The van der Waals surface area contributed by atoms with Crippen molar-refractivity contribution >= 4 is 16.9 Å².